The topological polar surface area (TPSA) is 0 Å². The summed E-state index contributed by atoms with van der Waals surface area (Å²) >= 11 is 0. The van der Waals surface area contributed by atoms with Crippen LogP contribution in [-0.2, 0) is 25.7 Å². The van der Waals surface area contributed by atoms with Crippen LogP contribution in [0, 0.1) is 142 Å². The summed E-state index contributed by atoms with van der Waals surface area (Å²) in [7, 11) is 0. The molecule has 0 saturated heterocycles. The second-order valence-electron chi connectivity index (χ2n) is 32.3. The highest BCUT2D eigenvalue weighted by atomic mass is 19.3. The molecule has 6 heteroatoms. The number of allylic oxidation sites excluding steroid dienone is 3. The molecule has 0 heterocycles. The van der Waals surface area contributed by atoms with Gasteiger partial charge in [0.05, 0.1) is 0 Å². The Morgan fingerprint density at radius 2 is 0.424 bits per heavy atom. The molecule has 0 amide bonds. The molecule has 0 spiro atoms. The molecule has 6 aliphatic rings. The van der Waals surface area contributed by atoms with E-state index in [1.54, 1.807) is 44.5 Å². The summed E-state index contributed by atoms with van der Waals surface area (Å²) in [5.74, 6) is 8.85. The Hall–Kier alpha value is -3.54. The van der Waals surface area contributed by atoms with Crippen LogP contribution in [0.2, 0.25) is 0 Å². The first kappa shape index (κ1) is 75.8. The Bertz CT molecular complexity index is 2790. The lowest BCUT2D eigenvalue weighted by Crippen LogP contribution is -2.17. The molecule has 6 saturated carbocycles. The van der Waals surface area contributed by atoms with Crippen molar-refractivity contribution in [2.75, 3.05) is 0 Å². The molecule has 9 rings (SSSR count). The quantitative estimate of drug-likeness (QED) is 0.0989. The molecule has 0 atom stereocenters. The average Bonchev–Trinajstić information content (AvgIpc) is 1.00. The molecule has 0 aromatic heterocycles. The van der Waals surface area contributed by atoms with Gasteiger partial charge in [-0.25, -0.2) is 0 Å². The van der Waals surface area contributed by atoms with Gasteiger partial charge in [-0.05, 0) is 407 Å². The van der Waals surface area contributed by atoms with Gasteiger partial charge in [-0.1, -0.05) is 111 Å². The van der Waals surface area contributed by atoms with Crippen molar-refractivity contribution in [2.45, 2.75) is 340 Å². The number of hydrogen-bond donors (Lipinski definition) is 0. The second-order valence-corrected chi connectivity index (χ2v) is 32.3. The van der Waals surface area contributed by atoms with E-state index < -0.39 is 18.2 Å². The largest absolute Gasteiger partial charge is 0.266 e. The molecule has 516 valence electrons. The van der Waals surface area contributed by atoms with E-state index in [1.807, 2.05) is 0 Å². The summed E-state index contributed by atoms with van der Waals surface area (Å²) in [6, 6.07) is 0. The average molecular weight is 1280 g/mol. The van der Waals surface area contributed by atoms with Gasteiger partial charge in [0.1, 0.15) is 0 Å². The minimum absolute atomic E-state index is 0.433. The third-order valence-corrected chi connectivity index (χ3v) is 26.5. The summed E-state index contributed by atoms with van der Waals surface area (Å²) in [6.45, 7) is 35.4. The van der Waals surface area contributed by atoms with E-state index in [-0.39, 0.29) is 0 Å². The molecule has 3 aromatic carbocycles. The van der Waals surface area contributed by atoms with Crippen molar-refractivity contribution < 1.29 is 26.3 Å². The van der Waals surface area contributed by atoms with Gasteiger partial charge in [0.25, 0.3) is 18.2 Å². The van der Waals surface area contributed by atoms with Crippen molar-refractivity contribution in [3.8, 4) is 0 Å². The van der Waals surface area contributed by atoms with Gasteiger partial charge in [0, 0.05) is 0 Å². The summed E-state index contributed by atoms with van der Waals surface area (Å²) < 4.78 is 74.3. The zero-order valence-electron chi connectivity index (χ0n) is 61.2. The standard InChI is InChI=1S/C30H46F2.2C28H42F2/c1-20-6-8-25(9-7-20)14-17-28-21(2)23(4)29(24(5)22(28)3)18-15-26-10-12-27(13-11-26)16-19-30(31)32;1-18-6-14-25(15-7-18)28-21(4)19(2)26(20(3)22(28)5)16-12-23-8-10-24(11-9-23)13-17-27(29)30;1-18-6-8-23(9-7-18)12-16-26-19(2)21(4)28(22(5)20(26)3)25-14-10-24(11-15-25)13-17-27(29)30/h19-20,25-27H,6-18H2,1-5H3;2*17-18,23-25H,6-16H2,1-5H3. The molecule has 3 aromatic rings. The zero-order chi connectivity index (χ0) is 66.9. The van der Waals surface area contributed by atoms with Crippen LogP contribution in [0.15, 0.2) is 36.5 Å². The number of hydrogen-bond acceptors (Lipinski definition) is 0. The third kappa shape index (κ3) is 21.5. The van der Waals surface area contributed by atoms with Crippen LogP contribution in [0.4, 0.5) is 26.3 Å². The minimum Gasteiger partial charge on any atom is -0.174 e. The summed E-state index contributed by atoms with van der Waals surface area (Å²) in [6.07, 6.45) is 41.1. The molecule has 0 nitrogen and oxygen atoms in total. The van der Waals surface area contributed by atoms with Crippen LogP contribution in [0.25, 0.3) is 0 Å². The monoisotopic (exact) mass is 1280 g/mol. The number of benzene rings is 3. The van der Waals surface area contributed by atoms with Gasteiger partial charge in [0.2, 0.25) is 0 Å². The Kier molecular flexibility index (Phi) is 30.3. The Morgan fingerprint density at radius 1 is 0.250 bits per heavy atom. The SMILES string of the molecule is Cc1c(C)c(C2CCC(C)CC2)c(C)c(C)c1CCC1CCC(CC=C(F)F)CC1.Cc1c(C)c(C2CCC(CC=C(F)F)CC2)c(C)c(C)c1CCC1CCC(C)CC1.Cc1c(C)c(CCC2CCC(CC=C(F)F)CC2)c(C)c(C)c1CCC1CCC(C)CC1. The van der Waals surface area contributed by atoms with Gasteiger partial charge in [0.15, 0.2) is 0 Å². The molecule has 0 unspecified atom stereocenters. The van der Waals surface area contributed by atoms with Crippen molar-refractivity contribution in [3.63, 3.8) is 0 Å². The molecule has 0 N–H and O–H groups in total. The molecule has 6 aliphatic carbocycles. The van der Waals surface area contributed by atoms with E-state index in [9.17, 15) is 26.3 Å². The van der Waals surface area contributed by atoms with Gasteiger partial charge in [-0.15, -0.1) is 0 Å². The third-order valence-electron chi connectivity index (χ3n) is 26.5. The van der Waals surface area contributed by atoms with Gasteiger partial charge >= 0.3 is 0 Å². The van der Waals surface area contributed by atoms with Crippen LogP contribution in [-0.4, -0.2) is 0 Å². The molecule has 0 aliphatic heterocycles. The second kappa shape index (κ2) is 36.7. The van der Waals surface area contributed by atoms with Crippen LogP contribution in [0.5, 0.6) is 0 Å². The summed E-state index contributed by atoms with van der Waals surface area (Å²) in [5, 5.41) is 0. The number of halogens is 6. The fourth-order valence-corrected chi connectivity index (χ4v) is 19.2. The highest BCUT2D eigenvalue weighted by Crippen LogP contribution is 2.46. The molecule has 92 heavy (non-hydrogen) atoms. The first-order valence-corrected chi connectivity index (χ1v) is 38.1. The van der Waals surface area contributed by atoms with Crippen LogP contribution in [0.1, 0.15) is 332 Å². The van der Waals surface area contributed by atoms with E-state index in [2.05, 4.69) is 104 Å². The highest BCUT2D eigenvalue weighted by Gasteiger charge is 2.31. The van der Waals surface area contributed by atoms with Crippen LogP contribution >= 0.6 is 0 Å². The van der Waals surface area contributed by atoms with Gasteiger partial charge in [-0.3, -0.25) is 0 Å². The molecule has 0 radical (unpaired) electrons. The number of rotatable bonds is 20. The molecule has 6 fully saturated rings. The van der Waals surface area contributed by atoms with Crippen LogP contribution < -0.4 is 0 Å². The lowest BCUT2D eigenvalue weighted by atomic mass is 9.73. The van der Waals surface area contributed by atoms with E-state index in [0.717, 1.165) is 117 Å². The maximum atomic E-state index is 12.4. The Morgan fingerprint density at radius 3 is 0.652 bits per heavy atom. The minimum atomic E-state index is -1.52. The first-order chi connectivity index (χ1) is 43.8. The molecule has 0 bridgehead atoms. The smallest absolute Gasteiger partial charge is 0.174 e. The summed E-state index contributed by atoms with van der Waals surface area (Å²) in [5.41, 5.74) is 28.0. The predicted octanol–water partition coefficient (Wildman–Crippen LogP) is 27.8. The van der Waals surface area contributed by atoms with Crippen molar-refractivity contribution in [1.29, 1.82) is 0 Å². The predicted molar refractivity (Wildman–Crippen MR) is 382 cm³/mol. The maximum Gasteiger partial charge on any atom is 0.266 e. The normalized spacial score (nSPS) is 26.8. The fraction of sp³-hybridized carbons (Fsp3) is 0.721. The van der Waals surface area contributed by atoms with Gasteiger partial charge in [-0.2, -0.15) is 26.3 Å². The van der Waals surface area contributed by atoms with E-state index in [0.29, 0.717) is 42.9 Å². The molecular formula is C86H130F6. The van der Waals surface area contributed by atoms with E-state index >= 15 is 0 Å². The lowest BCUT2D eigenvalue weighted by Gasteiger charge is -2.32. The van der Waals surface area contributed by atoms with Crippen molar-refractivity contribution >= 4 is 0 Å². The lowest BCUT2D eigenvalue weighted by molar-refractivity contribution is 0.262. The maximum absolute atomic E-state index is 12.4. The van der Waals surface area contributed by atoms with Crippen LogP contribution in [0.3, 0.4) is 0 Å². The van der Waals surface area contributed by atoms with Crippen molar-refractivity contribution in [2.24, 2.45) is 59.2 Å². The Balaban J connectivity index is 0.000000196. The Labute approximate surface area is 559 Å². The van der Waals surface area contributed by atoms with E-state index in [4.69, 9.17) is 0 Å². The van der Waals surface area contributed by atoms with E-state index in [1.165, 1.54) is 210 Å². The first-order valence-electron chi connectivity index (χ1n) is 38.1. The summed E-state index contributed by atoms with van der Waals surface area (Å²) in [4.78, 5) is 0. The fourth-order valence-electron chi connectivity index (χ4n) is 19.2. The van der Waals surface area contributed by atoms with Gasteiger partial charge < -0.3 is 0 Å². The zero-order valence-corrected chi connectivity index (χ0v) is 61.2. The molecular weight excluding hydrogens is 1150 g/mol. The van der Waals surface area contributed by atoms with Crippen molar-refractivity contribution in [1.82, 2.24) is 0 Å². The highest BCUT2D eigenvalue weighted by molar-refractivity contribution is 5.53. The van der Waals surface area contributed by atoms with Crippen molar-refractivity contribution in [3.05, 3.63) is 137 Å².